The van der Waals surface area contributed by atoms with Crippen LogP contribution in [0.4, 0.5) is 0 Å². The summed E-state index contributed by atoms with van der Waals surface area (Å²) in [5.41, 5.74) is 3.96. The molecule has 0 saturated carbocycles. The Morgan fingerprint density at radius 2 is 1.74 bits per heavy atom. The normalized spacial score (nSPS) is 11.5. The Morgan fingerprint density at radius 1 is 0.826 bits per heavy atom. The highest BCUT2D eigenvalue weighted by Crippen LogP contribution is 2.34. The lowest BCUT2D eigenvalue weighted by Crippen LogP contribution is -1.87. The minimum Gasteiger partial charge on any atom is -0.453 e. The fraction of sp³-hybridized carbons (Fsp3) is 0. The van der Waals surface area contributed by atoms with Gasteiger partial charge in [0.05, 0.1) is 17.3 Å². The van der Waals surface area contributed by atoms with Crippen LogP contribution >= 0.6 is 0 Å². The Kier molecular flexibility index (Phi) is 2.43. The average molecular weight is 298 g/mol. The van der Waals surface area contributed by atoms with Crippen molar-refractivity contribution in [3.63, 3.8) is 0 Å². The quantitative estimate of drug-likeness (QED) is 0.468. The Labute approximate surface area is 130 Å². The molecule has 23 heavy (non-hydrogen) atoms. The van der Waals surface area contributed by atoms with E-state index in [2.05, 4.69) is 38.6 Å². The van der Waals surface area contributed by atoms with Gasteiger partial charge in [-0.25, -0.2) is 0 Å². The summed E-state index contributed by atoms with van der Waals surface area (Å²) in [5.74, 6) is 0. The van der Waals surface area contributed by atoms with E-state index in [4.69, 9.17) is 4.42 Å². The summed E-state index contributed by atoms with van der Waals surface area (Å²) in [6, 6.07) is 16.1. The van der Waals surface area contributed by atoms with Crippen LogP contribution in [0.15, 0.2) is 65.3 Å². The molecule has 0 unspecified atom stereocenters. The van der Waals surface area contributed by atoms with E-state index >= 15 is 0 Å². The van der Waals surface area contributed by atoms with Crippen LogP contribution < -0.4 is 0 Å². The molecular weight excluding hydrogens is 288 g/mol. The van der Waals surface area contributed by atoms with E-state index in [0.29, 0.717) is 11.1 Å². The highest BCUT2D eigenvalue weighted by molar-refractivity contribution is 6.10. The molecule has 5 nitrogen and oxygen atoms in total. The number of furan rings is 1. The van der Waals surface area contributed by atoms with Crippen molar-refractivity contribution < 1.29 is 4.42 Å². The minimum absolute atomic E-state index is 0.628. The summed E-state index contributed by atoms with van der Waals surface area (Å²) >= 11 is 0. The SMILES string of the molecule is c1ccc2cc(-c3cccc4oc5cnnnc5c34)ncc2c1. The summed E-state index contributed by atoms with van der Waals surface area (Å²) < 4.78 is 5.81. The topological polar surface area (TPSA) is 64.7 Å². The summed E-state index contributed by atoms with van der Waals surface area (Å²) in [6.07, 6.45) is 3.47. The first kappa shape index (κ1) is 12.2. The predicted molar refractivity (Wildman–Crippen MR) is 87.8 cm³/mol. The van der Waals surface area contributed by atoms with Gasteiger partial charge >= 0.3 is 0 Å². The van der Waals surface area contributed by atoms with Crippen LogP contribution in [0.5, 0.6) is 0 Å². The van der Waals surface area contributed by atoms with E-state index in [9.17, 15) is 0 Å². The van der Waals surface area contributed by atoms with Gasteiger partial charge in [0.15, 0.2) is 5.58 Å². The van der Waals surface area contributed by atoms with Gasteiger partial charge in [-0.1, -0.05) is 36.4 Å². The molecule has 5 rings (SSSR count). The second-order valence-electron chi connectivity index (χ2n) is 5.34. The number of pyridine rings is 1. The van der Waals surface area contributed by atoms with Gasteiger partial charge in [-0.15, -0.1) is 10.2 Å². The van der Waals surface area contributed by atoms with E-state index in [1.165, 1.54) is 0 Å². The van der Waals surface area contributed by atoms with Crippen LogP contribution in [0.2, 0.25) is 0 Å². The van der Waals surface area contributed by atoms with Crippen molar-refractivity contribution >= 4 is 32.8 Å². The Bertz CT molecular complexity index is 1180. The zero-order valence-electron chi connectivity index (χ0n) is 12.0. The molecule has 5 heteroatoms. The number of rotatable bonds is 1. The maximum atomic E-state index is 5.81. The molecule has 2 aromatic carbocycles. The zero-order chi connectivity index (χ0) is 15.2. The lowest BCUT2D eigenvalue weighted by Gasteiger charge is -2.04. The second kappa shape index (κ2) is 4.58. The van der Waals surface area contributed by atoms with Gasteiger partial charge in [0, 0.05) is 17.1 Å². The number of hydrogen-bond donors (Lipinski definition) is 0. The van der Waals surface area contributed by atoms with Crippen molar-refractivity contribution in [1.82, 2.24) is 20.4 Å². The molecule has 0 amide bonds. The highest BCUT2D eigenvalue weighted by Gasteiger charge is 2.14. The van der Waals surface area contributed by atoms with E-state index in [1.54, 1.807) is 6.20 Å². The van der Waals surface area contributed by atoms with Gasteiger partial charge in [-0.2, -0.15) is 0 Å². The summed E-state index contributed by atoms with van der Waals surface area (Å²) in [7, 11) is 0. The molecule has 0 N–H and O–H groups in total. The molecule has 0 aliphatic rings. The third-order valence-electron chi connectivity index (χ3n) is 3.99. The molecule has 0 aliphatic heterocycles. The smallest absolute Gasteiger partial charge is 0.175 e. The van der Waals surface area contributed by atoms with Crippen LogP contribution in [-0.4, -0.2) is 20.4 Å². The van der Waals surface area contributed by atoms with Crippen LogP contribution in [-0.2, 0) is 0 Å². The average Bonchev–Trinajstić information content (AvgIpc) is 3.00. The van der Waals surface area contributed by atoms with Crippen molar-refractivity contribution in [3.8, 4) is 11.3 Å². The first-order valence-corrected chi connectivity index (χ1v) is 7.25. The van der Waals surface area contributed by atoms with Crippen molar-refractivity contribution in [2.45, 2.75) is 0 Å². The number of nitrogens with zero attached hydrogens (tertiary/aromatic N) is 4. The molecular formula is C18H10N4O. The lowest BCUT2D eigenvalue weighted by molar-refractivity contribution is 0.661. The van der Waals surface area contributed by atoms with Crippen molar-refractivity contribution in [2.24, 2.45) is 0 Å². The van der Waals surface area contributed by atoms with E-state index in [1.807, 2.05) is 36.5 Å². The Balaban J connectivity index is 1.87. The maximum Gasteiger partial charge on any atom is 0.175 e. The van der Waals surface area contributed by atoms with Crippen molar-refractivity contribution in [1.29, 1.82) is 0 Å². The monoisotopic (exact) mass is 298 g/mol. The molecule has 3 aromatic heterocycles. The highest BCUT2D eigenvalue weighted by atomic mass is 16.3. The zero-order valence-corrected chi connectivity index (χ0v) is 12.0. The van der Waals surface area contributed by atoms with E-state index < -0.39 is 0 Å². The maximum absolute atomic E-state index is 5.81. The molecule has 0 fully saturated rings. The molecule has 0 spiro atoms. The Morgan fingerprint density at radius 3 is 2.70 bits per heavy atom. The van der Waals surface area contributed by atoms with Gasteiger partial charge in [-0.3, -0.25) is 4.98 Å². The molecule has 0 aliphatic carbocycles. The Hall–Kier alpha value is -3.34. The van der Waals surface area contributed by atoms with Crippen LogP contribution in [0.3, 0.4) is 0 Å². The number of hydrogen-bond acceptors (Lipinski definition) is 5. The minimum atomic E-state index is 0.628. The van der Waals surface area contributed by atoms with E-state index in [-0.39, 0.29) is 0 Å². The molecule has 3 heterocycles. The fourth-order valence-electron chi connectivity index (χ4n) is 2.93. The predicted octanol–water partition coefficient (Wildman–Crippen LogP) is 3.99. The molecule has 0 bridgehead atoms. The molecule has 0 atom stereocenters. The standard InChI is InChI=1S/C18H10N4O/c1-2-5-12-9-19-14(8-11(12)4-1)13-6-3-7-15-17(13)18-16(23-15)10-20-22-21-18/h1-10H. The number of fused-ring (bicyclic) bond motifs is 4. The van der Waals surface area contributed by atoms with Crippen LogP contribution in [0.25, 0.3) is 44.1 Å². The second-order valence-corrected chi connectivity index (χ2v) is 5.34. The van der Waals surface area contributed by atoms with E-state index in [0.717, 1.165) is 33.0 Å². The van der Waals surface area contributed by atoms with Gasteiger partial charge in [-0.05, 0) is 22.7 Å². The van der Waals surface area contributed by atoms with Crippen LogP contribution in [0.1, 0.15) is 0 Å². The summed E-state index contributed by atoms with van der Waals surface area (Å²) in [4.78, 5) is 4.61. The van der Waals surface area contributed by atoms with Gasteiger partial charge in [0.25, 0.3) is 0 Å². The number of benzene rings is 2. The summed E-state index contributed by atoms with van der Waals surface area (Å²) in [5, 5.41) is 14.8. The van der Waals surface area contributed by atoms with Crippen LogP contribution in [0, 0.1) is 0 Å². The molecule has 0 radical (unpaired) electrons. The number of aromatic nitrogens is 4. The van der Waals surface area contributed by atoms with Crippen molar-refractivity contribution in [2.75, 3.05) is 0 Å². The van der Waals surface area contributed by atoms with Gasteiger partial charge in [0.1, 0.15) is 11.1 Å². The third-order valence-corrected chi connectivity index (χ3v) is 3.99. The first-order valence-electron chi connectivity index (χ1n) is 7.25. The molecule has 0 saturated heterocycles. The fourth-order valence-corrected chi connectivity index (χ4v) is 2.93. The van der Waals surface area contributed by atoms with Gasteiger partial charge < -0.3 is 4.42 Å². The third kappa shape index (κ3) is 1.80. The summed E-state index contributed by atoms with van der Waals surface area (Å²) in [6.45, 7) is 0. The first-order chi connectivity index (χ1) is 11.4. The van der Waals surface area contributed by atoms with Crippen molar-refractivity contribution in [3.05, 3.63) is 60.9 Å². The lowest BCUT2D eigenvalue weighted by atomic mass is 10.0. The molecule has 5 aromatic rings. The molecule has 108 valence electrons. The van der Waals surface area contributed by atoms with Gasteiger partial charge in [0.2, 0.25) is 0 Å². The largest absolute Gasteiger partial charge is 0.453 e.